The van der Waals surface area contributed by atoms with Crippen LogP contribution in [0.1, 0.15) is 10.4 Å². The molecule has 2 aromatic carbocycles. The molecule has 0 fully saturated rings. The highest BCUT2D eigenvalue weighted by atomic mass is 35.5. The molecule has 6 nitrogen and oxygen atoms in total. The summed E-state index contributed by atoms with van der Waals surface area (Å²) >= 11 is 11.7. The van der Waals surface area contributed by atoms with Crippen LogP contribution < -0.4 is 9.50 Å². The van der Waals surface area contributed by atoms with Crippen LogP contribution in [0.15, 0.2) is 42.5 Å². The average molecular weight is 389 g/mol. The zero-order valence-corrected chi connectivity index (χ0v) is 15.1. The molecule has 0 spiro atoms. The molecular formula is C15H14Cl2N2O4S. The summed E-state index contributed by atoms with van der Waals surface area (Å²) in [6, 6.07) is 10.6. The molecule has 1 amide bonds. The Kier molecular flexibility index (Phi) is 5.71. The van der Waals surface area contributed by atoms with E-state index in [4.69, 9.17) is 27.4 Å². The van der Waals surface area contributed by atoms with Gasteiger partial charge in [0, 0.05) is 35.9 Å². The molecule has 0 aromatic heterocycles. The quantitative estimate of drug-likeness (QED) is 0.850. The molecule has 0 bridgehead atoms. The topological polar surface area (TPSA) is 75.7 Å². The Morgan fingerprint density at radius 2 is 1.62 bits per heavy atom. The molecule has 0 saturated carbocycles. The van der Waals surface area contributed by atoms with E-state index in [-0.39, 0.29) is 16.3 Å². The van der Waals surface area contributed by atoms with Crippen molar-refractivity contribution in [3.05, 3.63) is 58.1 Å². The number of anilines is 1. The van der Waals surface area contributed by atoms with Gasteiger partial charge in [0.05, 0.1) is 5.56 Å². The van der Waals surface area contributed by atoms with E-state index in [1.807, 2.05) is 0 Å². The van der Waals surface area contributed by atoms with E-state index < -0.39 is 16.2 Å². The zero-order chi connectivity index (χ0) is 17.9. The normalized spacial score (nSPS) is 11.4. The maximum Gasteiger partial charge on any atom is 0.384 e. The van der Waals surface area contributed by atoms with Crippen molar-refractivity contribution in [3.8, 4) is 5.75 Å². The van der Waals surface area contributed by atoms with Gasteiger partial charge < -0.3 is 9.50 Å². The molecule has 0 unspecified atom stereocenters. The highest BCUT2D eigenvalue weighted by molar-refractivity contribution is 7.84. The molecule has 128 valence electrons. The van der Waals surface area contributed by atoms with Gasteiger partial charge in [0.2, 0.25) is 0 Å². The lowest BCUT2D eigenvalue weighted by molar-refractivity contribution is 0.102. The lowest BCUT2D eigenvalue weighted by atomic mass is 10.2. The first kappa shape index (κ1) is 18.5. The predicted octanol–water partition coefficient (Wildman–Crippen LogP) is 3.43. The maximum atomic E-state index is 12.4. The molecule has 0 radical (unpaired) electrons. The minimum Gasteiger partial charge on any atom is -0.370 e. The molecular weight excluding hydrogens is 375 g/mol. The summed E-state index contributed by atoms with van der Waals surface area (Å²) in [6.07, 6.45) is 0. The van der Waals surface area contributed by atoms with E-state index in [0.29, 0.717) is 10.7 Å². The van der Waals surface area contributed by atoms with Crippen molar-refractivity contribution in [1.29, 1.82) is 0 Å². The number of nitrogens with zero attached hydrogens (tertiary/aromatic N) is 1. The lowest BCUT2D eigenvalue weighted by Gasteiger charge is -2.15. The molecule has 2 rings (SSSR count). The monoisotopic (exact) mass is 388 g/mol. The van der Waals surface area contributed by atoms with Crippen molar-refractivity contribution in [1.82, 2.24) is 4.31 Å². The van der Waals surface area contributed by atoms with Crippen LogP contribution in [0.4, 0.5) is 5.69 Å². The van der Waals surface area contributed by atoms with Crippen LogP contribution in [0, 0.1) is 0 Å². The van der Waals surface area contributed by atoms with Crippen LogP contribution in [0.25, 0.3) is 0 Å². The Hall–Kier alpha value is -1.80. The van der Waals surface area contributed by atoms with E-state index in [1.165, 1.54) is 32.3 Å². The third-order valence-corrected chi connectivity index (χ3v) is 4.70. The van der Waals surface area contributed by atoms with E-state index in [0.717, 1.165) is 4.31 Å². The van der Waals surface area contributed by atoms with E-state index in [2.05, 4.69) is 5.32 Å². The fraction of sp³-hybridized carbons (Fsp3) is 0.133. The van der Waals surface area contributed by atoms with Crippen LogP contribution >= 0.6 is 23.2 Å². The number of carbonyl (C=O) groups is 1. The van der Waals surface area contributed by atoms with Crippen molar-refractivity contribution in [2.75, 3.05) is 19.4 Å². The molecule has 0 aliphatic rings. The van der Waals surface area contributed by atoms with Gasteiger partial charge in [0.25, 0.3) is 5.91 Å². The van der Waals surface area contributed by atoms with Crippen molar-refractivity contribution < 1.29 is 17.4 Å². The van der Waals surface area contributed by atoms with Gasteiger partial charge in [-0.25, -0.2) is 0 Å². The molecule has 0 saturated heterocycles. The number of halogens is 2. The van der Waals surface area contributed by atoms with Gasteiger partial charge in [-0.1, -0.05) is 23.2 Å². The second kappa shape index (κ2) is 7.40. The second-order valence-corrected chi connectivity index (χ2v) is 7.55. The maximum absolute atomic E-state index is 12.4. The second-order valence-electron chi connectivity index (χ2n) is 4.92. The summed E-state index contributed by atoms with van der Waals surface area (Å²) in [5, 5.41) is 3.40. The Bertz CT molecular complexity index is 852. The largest absolute Gasteiger partial charge is 0.384 e. The zero-order valence-electron chi connectivity index (χ0n) is 12.8. The summed E-state index contributed by atoms with van der Waals surface area (Å²) in [4.78, 5) is 12.4. The smallest absolute Gasteiger partial charge is 0.370 e. The summed E-state index contributed by atoms with van der Waals surface area (Å²) in [5.41, 5.74) is 0.528. The third kappa shape index (κ3) is 4.61. The van der Waals surface area contributed by atoms with Gasteiger partial charge in [0.15, 0.2) is 5.75 Å². The van der Waals surface area contributed by atoms with Crippen LogP contribution in [0.3, 0.4) is 0 Å². The van der Waals surface area contributed by atoms with E-state index in [9.17, 15) is 13.2 Å². The van der Waals surface area contributed by atoms with Crippen LogP contribution in [0.5, 0.6) is 5.75 Å². The van der Waals surface area contributed by atoms with Crippen molar-refractivity contribution in [2.45, 2.75) is 0 Å². The Morgan fingerprint density at radius 3 is 2.21 bits per heavy atom. The van der Waals surface area contributed by atoms with Gasteiger partial charge in [-0.3, -0.25) is 4.79 Å². The molecule has 0 aliphatic heterocycles. The first-order valence-electron chi connectivity index (χ1n) is 6.67. The highest BCUT2D eigenvalue weighted by Gasteiger charge is 2.21. The molecule has 2 aromatic rings. The van der Waals surface area contributed by atoms with Gasteiger partial charge in [-0.15, -0.1) is 0 Å². The minimum absolute atomic E-state index is 0.0276. The standard InChI is InChI=1S/C15H14Cl2N2O4S/c1-19(2)24(21,22)23-14-9-11(17)5-8-13(14)15(20)18-12-6-3-10(16)4-7-12/h3-9H,1-2H3,(H,18,20). The summed E-state index contributed by atoms with van der Waals surface area (Å²) < 4.78 is 29.7. The molecule has 0 atom stereocenters. The number of benzene rings is 2. The Morgan fingerprint density at radius 1 is 1.04 bits per heavy atom. The SMILES string of the molecule is CN(C)S(=O)(=O)Oc1cc(Cl)ccc1C(=O)Nc1ccc(Cl)cc1. The summed E-state index contributed by atoms with van der Waals surface area (Å²) in [5.74, 6) is -0.708. The number of carbonyl (C=O) groups excluding carboxylic acids is 1. The van der Waals surface area contributed by atoms with Crippen molar-refractivity contribution in [3.63, 3.8) is 0 Å². The summed E-state index contributed by atoms with van der Waals surface area (Å²) in [7, 11) is -1.40. The number of amides is 1. The third-order valence-electron chi connectivity index (χ3n) is 2.93. The van der Waals surface area contributed by atoms with Gasteiger partial charge >= 0.3 is 10.3 Å². The molecule has 0 aliphatic carbocycles. The van der Waals surface area contributed by atoms with Gasteiger partial charge in [-0.2, -0.15) is 12.7 Å². The fourth-order valence-electron chi connectivity index (χ4n) is 1.67. The first-order valence-corrected chi connectivity index (χ1v) is 8.79. The van der Waals surface area contributed by atoms with Crippen molar-refractivity contribution >= 4 is 45.1 Å². The molecule has 9 heteroatoms. The Balaban J connectivity index is 2.32. The average Bonchev–Trinajstić information content (AvgIpc) is 2.49. The number of rotatable bonds is 5. The molecule has 0 heterocycles. The van der Waals surface area contributed by atoms with Gasteiger partial charge in [-0.05, 0) is 36.4 Å². The minimum atomic E-state index is -4.03. The van der Waals surface area contributed by atoms with Crippen LogP contribution in [-0.4, -0.2) is 32.7 Å². The van der Waals surface area contributed by atoms with Crippen LogP contribution in [0.2, 0.25) is 10.0 Å². The first-order chi connectivity index (χ1) is 11.2. The van der Waals surface area contributed by atoms with Crippen LogP contribution in [-0.2, 0) is 10.3 Å². The predicted molar refractivity (Wildman–Crippen MR) is 94.1 cm³/mol. The fourth-order valence-corrected chi connectivity index (χ4v) is 2.47. The highest BCUT2D eigenvalue weighted by Crippen LogP contribution is 2.26. The van der Waals surface area contributed by atoms with Gasteiger partial charge in [0.1, 0.15) is 0 Å². The number of hydrogen-bond acceptors (Lipinski definition) is 4. The van der Waals surface area contributed by atoms with Crippen molar-refractivity contribution in [2.24, 2.45) is 0 Å². The number of nitrogens with one attached hydrogen (secondary N) is 1. The van der Waals surface area contributed by atoms with E-state index in [1.54, 1.807) is 24.3 Å². The lowest BCUT2D eigenvalue weighted by Crippen LogP contribution is -2.28. The molecule has 24 heavy (non-hydrogen) atoms. The molecule has 1 N–H and O–H groups in total. The Labute approximate surface area is 150 Å². The summed E-state index contributed by atoms with van der Waals surface area (Å²) in [6.45, 7) is 0. The number of hydrogen-bond donors (Lipinski definition) is 1. The van der Waals surface area contributed by atoms with E-state index >= 15 is 0 Å².